The van der Waals surface area contributed by atoms with E-state index >= 15 is 0 Å². The van der Waals surface area contributed by atoms with Crippen LogP contribution in [0.3, 0.4) is 0 Å². The van der Waals surface area contributed by atoms with Gasteiger partial charge < -0.3 is 4.74 Å². The maximum Gasteiger partial charge on any atom is 0.309 e. The Balaban J connectivity index is 1.85. The van der Waals surface area contributed by atoms with E-state index < -0.39 is 0 Å². The molecule has 0 amide bonds. The molecule has 0 aromatic rings. The van der Waals surface area contributed by atoms with Gasteiger partial charge in [0.15, 0.2) is 0 Å². The van der Waals surface area contributed by atoms with Crippen LogP contribution in [0, 0.1) is 35.5 Å². The summed E-state index contributed by atoms with van der Waals surface area (Å²) in [5, 5.41) is 0. The molecule has 15 heavy (non-hydrogen) atoms. The number of ether oxygens (including phenoxy) is 1. The first-order valence-corrected chi connectivity index (χ1v) is 6.44. The van der Waals surface area contributed by atoms with Gasteiger partial charge >= 0.3 is 5.97 Å². The highest BCUT2D eigenvalue weighted by molar-refractivity contribution is 5.77. The fourth-order valence-corrected chi connectivity index (χ4v) is 4.58. The summed E-state index contributed by atoms with van der Waals surface area (Å²) in [5.41, 5.74) is 0. The Morgan fingerprint density at radius 3 is 2.53 bits per heavy atom. The van der Waals surface area contributed by atoms with E-state index in [0.717, 1.165) is 24.4 Å². The van der Waals surface area contributed by atoms with E-state index in [2.05, 4.69) is 13.8 Å². The van der Waals surface area contributed by atoms with Crippen molar-refractivity contribution in [2.75, 3.05) is 6.61 Å². The third-order valence-electron chi connectivity index (χ3n) is 5.25. The molecule has 2 aliphatic carbocycles. The van der Waals surface area contributed by atoms with Gasteiger partial charge in [0, 0.05) is 5.92 Å². The smallest absolute Gasteiger partial charge is 0.309 e. The number of cyclic esters (lactones) is 1. The van der Waals surface area contributed by atoms with E-state index in [0.29, 0.717) is 11.8 Å². The second-order valence-electron chi connectivity index (χ2n) is 5.55. The number of fused-ring (bicyclic) bond motifs is 4. The monoisotopic (exact) mass is 208 g/mol. The van der Waals surface area contributed by atoms with E-state index in [1.165, 1.54) is 19.3 Å². The van der Waals surface area contributed by atoms with Crippen molar-refractivity contribution in [2.45, 2.75) is 33.1 Å². The lowest BCUT2D eigenvalue weighted by molar-refractivity contribution is -0.146. The van der Waals surface area contributed by atoms with E-state index in [4.69, 9.17) is 4.74 Å². The fraction of sp³-hybridized carbons (Fsp3) is 0.923. The number of esters is 1. The van der Waals surface area contributed by atoms with Crippen LogP contribution in [0.25, 0.3) is 0 Å². The summed E-state index contributed by atoms with van der Waals surface area (Å²) in [4.78, 5) is 11.6. The summed E-state index contributed by atoms with van der Waals surface area (Å²) in [5.74, 6) is 4.15. The lowest BCUT2D eigenvalue weighted by Crippen LogP contribution is -2.48. The first-order chi connectivity index (χ1) is 7.27. The van der Waals surface area contributed by atoms with Crippen molar-refractivity contribution in [2.24, 2.45) is 35.5 Å². The Kier molecular flexibility index (Phi) is 2.08. The van der Waals surface area contributed by atoms with E-state index in [-0.39, 0.29) is 11.9 Å². The molecule has 0 radical (unpaired) electrons. The quantitative estimate of drug-likeness (QED) is 0.652. The Labute approximate surface area is 91.4 Å². The largest absolute Gasteiger partial charge is 0.465 e. The highest BCUT2D eigenvalue weighted by Crippen LogP contribution is 2.63. The van der Waals surface area contributed by atoms with Crippen molar-refractivity contribution < 1.29 is 9.53 Å². The third kappa shape index (κ3) is 1.08. The molecule has 0 aromatic carbocycles. The van der Waals surface area contributed by atoms with Gasteiger partial charge in [-0.25, -0.2) is 0 Å². The van der Waals surface area contributed by atoms with Crippen molar-refractivity contribution >= 4 is 5.97 Å². The van der Waals surface area contributed by atoms with Gasteiger partial charge in [0.05, 0.1) is 12.5 Å². The van der Waals surface area contributed by atoms with Crippen LogP contribution in [0.4, 0.5) is 0 Å². The van der Waals surface area contributed by atoms with E-state index in [1.54, 1.807) is 0 Å². The minimum Gasteiger partial charge on any atom is -0.465 e. The van der Waals surface area contributed by atoms with Crippen molar-refractivity contribution in [1.29, 1.82) is 0 Å². The molecule has 0 aromatic heterocycles. The molecule has 84 valence electrons. The zero-order chi connectivity index (χ0) is 10.6. The van der Waals surface area contributed by atoms with Gasteiger partial charge in [-0.05, 0) is 30.1 Å². The fourth-order valence-electron chi connectivity index (χ4n) is 4.58. The molecular weight excluding hydrogens is 188 g/mol. The van der Waals surface area contributed by atoms with Gasteiger partial charge in [-0.15, -0.1) is 0 Å². The number of hydrogen-bond donors (Lipinski definition) is 0. The van der Waals surface area contributed by atoms with Crippen LogP contribution in [-0.4, -0.2) is 12.6 Å². The Morgan fingerprint density at radius 2 is 1.87 bits per heavy atom. The molecule has 6 atom stereocenters. The number of carbonyl (C=O) groups is 1. The highest BCUT2D eigenvalue weighted by atomic mass is 16.5. The summed E-state index contributed by atoms with van der Waals surface area (Å²) in [6.07, 6.45) is 3.89. The molecule has 3 aliphatic rings. The summed E-state index contributed by atoms with van der Waals surface area (Å²) in [6.45, 7) is 5.29. The van der Waals surface area contributed by atoms with Gasteiger partial charge in [0.25, 0.3) is 0 Å². The molecule has 0 spiro atoms. The Bertz CT molecular complexity index is 286. The van der Waals surface area contributed by atoms with Gasteiger partial charge in [0.1, 0.15) is 0 Å². The minimum atomic E-state index is 0.108. The summed E-state index contributed by atoms with van der Waals surface area (Å²) in [6, 6.07) is 0. The summed E-state index contributed by atoms with van der Waals surface area (Å²) < 4.78 is 5.22. The number of carbonyl (C=O) groups excluding carboxylic acids is 1. The third-order valence-corrected chi connectivity index (χ3v) is 5.25. The maximum atomic E-state index is 11.6. The standard InChI is InChI=1S/C13H20O2/c1-3-7-5-8(4-2)11-10(7)9-6-15-13(14)12(9)11/h7-12H,3-6H2,1-2H3. The highest BCUT2D eigenvalue weighted by Gasteiger charge is 2.65. The molecule has 0 N–H and O–H groups in total. The first kappa shape index (κ1) is 9.68. The van der Waals surface area contributed by atoms with E-state index in [9.17, 15) is 4.79 Å². The van der Waals surface area contributed by atoms with Crippen molar-refractivity contribution in [1.82, 2.24) is 0 Å². The molecular formula is C13H20O2. The van der Waals surface area contributed by atoms with Crippen LogP contribution >= 0.6 is 0 Å². The predicted molar refractivity (Wildman–Crippen MR) is 57.1 cm³/mol. The van der Waals surface area contributed by atoms with Gasteiger partial charge in [-0.2, -0.15) is 0 Å². The molecule has 3 fully saturated rings. The average Bonchev–Trinajstić information content (AvgIpc) is 2.67. The Hall–Kier alpha value is -0.530. The van der Waals surface area contributed by atoms with Crippen LogP contribution in [0.5, 0.6) is 0 Å². The van der Waals surface area contributed by atoms with Crippen LogP contribution in [-0.2, 0) is 9.53 Å². The van der Waals surface area contributed by atoms with E-state index in [1.807, 2.05) is 0 Å². The van der Waals surface area contributed by atoms with Crippen LogP contribution in [0.15, 0.2) is 0 Å². The zero-order valence-electron chi connectivity index (χ0n) is 9.61. The van der Waals surface area contributed by atoms with Crippen LogP contribution < -0.4 is 0 Å². The van der Waals surface area contributed by atoms with Gasteiger partial charge in [0.2, 0.25) is 0 Å². The molecule has 2 nitrogen and oxygen atoms in total. The normalized spacial score (nSPS) is 52.0. The number of rotatable bonds is 2. The molecule has 1 saturated heterocycles. The molecule has 1 aliphatic heterocycles. The summed E-state index contributed by atoms with van der Waals surface area (Å²) in [7, 11) is 0. The lowest BCUT2D eigenvalue weighted by Gasteiger charge is -2.45. The Morgan fingerprint density at radius 1 is 1.20 bits per heavy atom. The molecule has 2 saturated carbocycles. The van der Waals surface area contributed by atoms with Crippen molar-refractivity contribution in [3.63, 3.8) is 0 Å². The SMILES string of the molecule is CCC1CC(CC)C2C3C(=O)OCC3C12. The molecule has 1 heterocycles. The van der Waals surface area contributed by atoms with Crippen molar-refractivity contribution in [3.05, 3.63) is 0 Å². The molecule has 3 rings (SSSR count). The zero-order valence-corrected chi connectivity index (χ0v) is 9.61. The van der Waals surface area contributed by atoms with Crippen LogP contribution in [0.1, 0.15) is 33.1 Å². The maximum absolute atomic E-state index is 11.6. The second-order valence-corrected chi connectivity index (χ2v) is 5.55. The summed E-state index contributed by atoms with van der Waals surface area (Å²) >= 11 is 0. The number of hydrogen-bond acceptors (Lipinski definition) is 2. The lowest BCUT2D eigenvalue weighted by atomic mass is 9.55. The predicted octanol–water partition coefficient (Wildman–Crippen LogP) is 2.48. The second kappa shape index (κ2) is 3.23. The molecule has 6 unspecified atom stereocenters. The van der Waals surface area contributed by atoms with Crippen molar-refractivity contribution in [3.8, 4) is 0 Å². The topological polar surface area (TPSA) is 26.3 Å². The minimum absolute atomic E-state index is 0.108. The van der Waals surface area contributed by atoms with Gasteiger partial charge in [-0.3, -0.25) is 4.79 Å². The average molecular weight is 208 g/mol. The van der Waals surface area contributed by atoms with Crippen LogP contribution in [0.2, 0.25) is 0 Å². The molecule has 2 heteroatoms. The van der Waals surface area contributed by atoms with Gasteiger partial charge in [-0.1, -0.05) is 26.7 Å². The first-order valence-electron chi connectivity index (χ1n) is 6.44. The molecule has 0 bridgehead atoms.